The molecule has 8 nitrogen and oxygen atoms in total. The smallest absolute Gasteiger partial charge is 0.410 e. The third-order valence-corrected chi connectivity index (χ3v) is 5.14. The molecule has 3 N–H and O–H groups in total. The second kappa shape index (κ2) is 11.4. The standard InChI is InChI=1S/C14H28NO7P/c1-4-6-10-23(19,20)13(17)8-9-15-14(18)22-11(3)21-12(16)7-5-2/h11,13,17H,4-10H2,1-3H3,(H,15,18)(H,19,20)/t11-,13-/m0/s1. The van der Waals surface area contributed by atoms with E-state index < -0.39 is 31.6 Å². The van der Waals surface area contributed by atoms with Crippen LogP contribution < -0.4 is 5.32 Å². The topological polar surface area (TPSA) is 122 Å². The number of amides is 1. The molecule has 3 atom stereocenters. The third-order valence-electron chi connectivity index (χ3n) is 2.99. The van der Waals surface area contributed by atoms with E-state index in [1.165, 1.54) is 6.92 Å². The first-order valence-corrected chi connectivity index (χ1v) is 9.77. The van der Waals surface area contributed by atoms with Crippen molar-refractivity contribution in [3.05, 3.63) is 0 Å². The molecule has 0 fully saturated rings. The van der Waals surface area contributed by atoms with Gasteiger partial charge in [0.25, 0.3) is 0 Å². The van der Waals surface area contributed by atoms with Crippen molar-refractivity contribution in [2.75, 3.05) is 12.7 Å². The molecule has 0 aliphatic carbocycles. The fourth-order valence-electron chi connectivity index (χ4n) is 1.70. The number of hydrogen-bond acceptors (Lipinski definition) is 6. The fraction of sp³-hybridized carbons (Fsp3) is 0.857. The number of hydrogen-bond donors (Lipinski definition) is 3. The van der Waals surface area contributed by atoms with Crippen molar-refractivity contribution in [1.29, 1.82) is 0 Å². The number of carbonyl (C=O) groups is 2. The summed E-state index contributed by atoms with van der Waals surface area (Å²) in [6, 6.07) is 0. The summed E-state index contributed by atoms with van der Waals surface area (Å²) in [4.78, 5) is 32.3. The van der Waals surface area contributed by atoms with Gasteiger partial charge in [-0.1, -0.05) is 20.3 Å². The minimum Gasteiger partial charge on any atom is -0.425 e. The molecule has 0 aromatic rings. The summed E-state index contributed by atoms with van der Waals surface area (Å²) in [7, 11) is -3.62. The van der Waals surface area contributed by atoms with Gasteiger partial charge in [-0.3, -0.25) is 9.36 Å². The lowest BCUT2D eigenvalue weighted by atomic mass is 10.3. The monoisotopic (exact) mass is 353 g/mol. The zero-order valence-electron chi connectivity index (χ0n) is 14.0. The molecule has 136 valence electrons. The number of ether oxygens (including phenoxy) is 2. The van der Waals surface area contributed by atoms with E-state index in [0.29, 0.717) is 12.8 Å². The highest BCUT2D eigenvalue weighted by atomic mass is 31.2. The second-order valence-electron chi connectivity index (χ2n) is 5.24. The van der Waals surface area contributed by atoms with E-state index in [9.17, 15) is 24.2 Å². The Morgan fingerprint density at radius 2 is 1.87 bits per heavy atom. The Bertz CT molecular complexity index is 416. The molecule has 9 heteroatoms. The van der Waals surface area contributed by atoms with Crippen LogP contribution in [0.15, 0.2) is 0 Å². The summed E-state index contributed by atoms with van der Waals surface area (Å²) in [5, 5.41) is 12.0. The first-order chi connectivity index (χ1) is 10.7. The largest absolute Gasteiger partial charge is 0.425 e. The van der Waals surface area contributed by atoms with Crippen LogP contribution in [0.4, 0.5) is 4.79 Å². The second-order valence-corrected chi connectivity index (χ2v) is 7.80. The van der Waals surface area contributed by atoms with Gasteiger partial charge in [-0.2, -0.15) is 0 Å². The maximum Gasteiger partial charge on any atom is 0.410 e. The summed E-state index contributed by atoms with van der Waals surface area (Å²) < 4.78 is 21.4. The normalized spacial score (nSPS) is 16.0. The van der Waals surface area contributed by atoms with Gasteiger partial charge in [0.1, 0.15) is 5.85 Å². The molecule has 1 amide bonds. The maximum absolute atomic E-state index is 11.8. The highest BCUT2D eigenvalue weighted by molar-refractivity contribution is 7.58. The van der Waals surface area contributed by atoms with Crippen molar-refractivity contribution in [2.45, 2.75) is 65.0 Å². The maximum atomic E-state index is 11.8. The van der Waals surface area contributed by atoms with Crippen LogP contribution in [0.3, 0.4) is 0 Å². The molecule has 0 saturated carbocycles. The number of nitrogens with one attached hydrogen (secondary N) is 1. The molecule has 0 radical (unpaired) electrons. The predicted octanol–water partition coefficient (Wildman–Crippen LogP) is 2.18. The van der Waals surface area contributed by atoms with Gasteiger partial charge in [-0.05, 0) is 12.8 Å². The highest BCUT2D eigenvalue weighted by Gasteiger charge is 2.28. The van der Waals surface area contributed by atoms with Gasteiger partial charge in [-0.25, -0.2) is 4.79 Å². The lowest BCUT2D eigenvalue weighted by Crippen LogP contribution is -2.32. The van der Waals surface area contributed by atoms with Gasteiger partial charge in [0.15, 0.2) is 0 Å². The molecule has 0 aromatic heterocycles. The molecule has 0 aromatic carbocycles. The molecule has 0 rings (SSSR count). The van der Waals surface area contributed by atoms with Crippen LogP contribution >= 0.6 is 7.37 Å². The summed E-state index contributed by atoms with van der Waals surface area (Å²) in [5.41, 5.74) is 0. The number of unbranched alkanes of at least 4 members (excludes halogenated alkanes) is 1. The molecule has 0 heterocycles. The van der Waals surface area contributed by atoms with Crippen LogP contribution in [0.5, 0.6) is 0 Å². The summed E-state index contributed by atoms with van der Waals surface area (Å²) in [6.45, 7) is 5.10. The quantitative estimate of drug-likeness (QED) is 0.295. The van der Waals surface area contributed by atoms with Gasteiger partial charge in [0.2, 0.25) is 13.7 Å². The molecular formula is C14H28NO7P. The number of alkyl carbamates (subject to hydrolysis) is 1. The first-order valence-electron chi connectivity index (χ1n) is 7.86. The van der Waals surface area contributed by atoms with Crippen LogP contribution in [0, 0.1) is 0 Å². The first kappa shape index (κ1) is 21.9. The molecule has 0 aliphatic rings. The SMILES string of the molecule is CCCCP(=O)(O)[C@H](O)CCNC(=O)O[C@@H](C)OC(=O)CCC. The molecule has 0 saturated heterocycles. The van der Waals surface area contributed by atoms with Crippen molar-refractivity contribution >= 4 is 19.4 Å². The van der Waals surface area contributed by atoms with Crippen molar-refractivity contribution in [3.8, 4) is 0 Å². The predicted molar refractivity (Wildman–Crippen MR) is 85.2 cm³/mol. The Kier molecular flexibility index (Phi) is 10.9. The summed E-state index contributed by atoms with van der Waals surface area (Å²) >= 11 is 0. The lowest BCUT2D eigenvalue weighted by molar-refractivity contribution is -0.164. The minimum atomic E-state index is -3.62. The average Bonchev–Trinajstić information content (AvgIpc) is 2.44. The van der Waals surface area contributed by atoms with E-state index in [1.807, 2.05) is 13.8 Å². The molecule has 0 bridgehead atoms. The summed E-state index contributed by atoms with van der Waals surface area (Å²) in [6.07, 6.45) is 0.343. The van der Waals surface area contributed by atoms with Crippen LogP contribution in [0.1, 0.15) is 52.9 Å². The van der Waals surface area contributed by atoms with Crippen molar-refractivity contribution in [1.82, 2.24) is 5.32 Å². The minimum absolute atomic E-state index is 0.0215. The van der Waals surface area contributed by atoms with E-state index in [-0.39, 0.29) is 25.5 Å². The van der Waals surface area contributed by atoms with E-state index in [4.69, 9.17) is 9.47 Å². The van der Waals surface area contributed by atoms with Crippen molar-refractivity contribution in [2.24, 2.45) is 0 Å². The average molecular weight is 353 g/mol. The number of rotatable bonds is 11. The number of carbonyl (C=O) groups excluding carboxylic acids is 2. The highest BCUT2D eigenvalue weighted by Crippen LogP contribution is 2.46. The molecule has 23 heavy (non-hydrogen) atoms. The van der Waals surface area contributed by atoms with Crippen molar-refractivity contribution < 1.29 is 33.6 Å². The van der Waals surface area contributed by atoms with Gasteiger partial charge in [-0.15, -0.1) is 0 Å². The van der Waals surface area contributed by atoms with Crippen LogP contribution in [0.2, 0.25) is 0 Å². The Morgan fingerprint density at radius 3 is 2.43 bits per heavy atom. The van der Waals surface area contributed by atoms with Gasteiger partial charge >= 0.3 is 12.1 Å². The Hall–Kier alpha value is -1.11. The van der Waals surface area contributed by atoms with Gasteiger partial charge in [0, 0.05) is 32.5 Å². The van der Waals surface area contributed by atoms with Gasteiger partial charge < -0.3 is 24.8 Å². The molecular weight excluding hydrogens is 325 g/mol. The zero-order valence-corrected chi connectivity index (χ0v) is 14.9. The molecule has 0 aliphatic heterocycles. The third kappa shape index (κ3) is 10.3. The number of aliphatic hydroxyl groups excluding tert-OH is 1. The van der Waals surface area contributed by atoms with E-state index in [0.717, 1.165) is 6.42 Å². The molecule has 0 spiro atoms. The summed E-state index contributed by atoms with van der Waals surface area (Å²) in [5.74, 6) is -1.84. The molecule has 1 unspecified atom stereocenters. The van der Waals surface area contributed by atoms with E-state index >= 15 is 0 Å². The fourth-order valence-corrected chi connectivity index (χ4v) is 3.30. The zero-order chi connectivity index (χ0) is 17.9. The number of esters is 1. The Morgan fingerprint density at radius 1 is 1.22 bits per heavy atom. The van der Waals surface area contributed by atoms with Crippen LogP contribution in [-0.4, -0.2) is 46.9 Å². The Balaban J connectivity index is 4.01. The van der Waals surface area contributed by atoms with Crippen molar-refractivity contribution in [3.63, 3.8) is 0 Å². The Labute approximate surface area is 137 Å². The van der Waals surface area contributed by atoms with Crippen LogP contribution in [0.25, 0.3) is 0 Å². The lowest BCUT2D eigenvalue weighted by Gasteiger charge is -2.18. The van der Waals surface area contributed by atoms with E-state index in [1.54, 1.807) is 0 Å². The van der Waals surface area contributed by atoms with Gasteiger partial charge in [0.05, 0.1) is 0 Å². The van der Waals surface area contributed by atoms with Crippen LogP contribution in [-0.2, 0) is 18.8 Å². The van der Waals surface area contributed by atoms with E-state index in [2.05, 4.69) is 5.32 Å². The number of aliphatic hydroxyl groups is 1.